The summed E-state index contributed by atoms with van der Waals surface area (Å²) in [5.41, 5.74) is 0. The van der Waals surface area contributed by atoms with Crippen LogP contribution in [0.3, 0.4) is 0 Å². The van der Waals surface area contributed by atoms with Crippen LogP contribution in [0.4, 0.5) is 9.93 Å². The molecule has 0 aliphatic heterocycles. The molecular weight excluding hydrogens is 310 g/mol. The van der Waals surface area contributed by atoms with Gasteiger partial charge in [0.25, 0.3) is 0 Å². The molecule has 0 fully saturated rings. The van der Waals surface area contributed by atoms with Crippen molar-refractivity contribution in [3.63, 3.8) is 0 Å². The third-order valence-electron chi connectivity index (χ3n) is 2.71. The van der Waals surface area contributed by atoms with Gasteiger partial charge in [-0.25, -0.2) is 9.78 Å². The molecule has 0 radical (unpaired) electrons. The molecule has 0 saturated heterocycles. The molecule has 0 aliphatic carbocycles. The molecule has 0 bridgehead atoms. The maximum absolute atomic E-state index is 11.9. The Hall–Kier alpha value is -2.16. The van der Waals surface area contributed by atoms with Gasteiger partial charge in [-0.1, -0.05) is 6.92 Å². The van der Waals surface area contributed by atoms with Gasteiger partial charge in [0.05, 0.1) is 18.9 Å². The lowest BCUT2D eigenvalue weighted by Crippen LogP contribution is -2.36. The second-order valence-electron chi connectivity index (χ2n) is 4.66. The zero-order chi connectivity index (χ0) is 16.7. The Morgan fingerprint density at radius 1 is 1.50 bits per heavy atom. The number of hydrogen-bond donors (Lipinski definition) is 2. The molecule has 0 saturated carbocycles. The van der Waals surface area contributed by atoms with Gasteiger partial charge in [0, 0.05) is 24.7 Å². The van der Waals surface area contributed by atoms with Gasteiger partial charge in [-0.05, 0) is 6.92 Å². The smallest absolute Gasteiger partial charge is 0.323 e. The summed E-state index contributed by atoms with van der Waals surface area (Å²) in [5, 5.41) is 11.7. The molecule has 1 unspecified atom stereocenters. The highest BCUT2D eigenvalue weighted by molar-refractivity contribution is 7.15. The van der Waals surface area contributed by atoms with Crippen LogP contribution >= 0.6 is 11.3 Å². The average molecular weight is 329 g/mol. The number of aliphatic carboxylic acids is 1. The lowest BCUT2D eigenvalue weighted by molar-refractivity contribution is -0.142. The number of carbonyl (C=O) groups is 3. The largest absolute Gasteiger partial charge is 0.481 e. The minimum Gasteiger partial charge on any atom is -0.481 e. The summed E-state index contributed by atoms with van der Waals surface area (Å²) in [4.78, 5) is 40.0. The minimum absolute atomic E-state index is 0.0855. The van der Waals surface area contributed by atoms with Crippen molar-refractivity contribution < 1.29 is 24.2 Å². The number of nitrogens with one attached hydrogen (secondary N) is 1. The summed E-state index contributed by atoms with van der Waals surface area (Å²) in [7, 11) is 1.50. The molecule has 1 heterocycles. The molecule has 1 aromatic rings. The third kappa shape index (κ3) is 5.68. The van der Waals surface area contributed by atoms with E-state index in [0.717, 1.165) is 0 Å². The highest BCUT2D eigenvalue weighted by Gasteiger charge is 2.18. The fraction of sp³-hybridized carbons (Fsp3) is 0.538. The van der Waals surface area contributed by atoms with Gasteiger partial charge in [-0.15, -0.1) is 11.3 Å². The Balaban J connectivity index is 2.53. The monoisotopic (exact) mass is 329 g/mol. The average Bonchev–Trinajstić information content (AvgIpc) is 2.85. The van der Waals surface area contributed by atoms with Crippen LogP contribution in [-0.2, 0) is 20.7 Å². The van der Waals surface area contributed by atoms with Crippen LogP contribution < -0.4 is 5.32 Å². The van der Waals surface area contributed by atoms with Crippen LogP contribution in [0.2, 0.25) is 0 Å². The van der Waals surface area contributed by atoms with Gasteiger partial charge < -0.3 is 14.7 Å². The van der Waals surface area contributed by atoms with Gasteiger partial charge in [0.2, 0.25) is 0 Å². The lowest BCUT2D eigenvalue weighted by atomic mass is 10.2. The Morgan fingerprint density at radius 2 is 2.18 bits per heavy atom. The van der Waals surface area contributed by atoms with Crippen molar-refractivity contribution >= 4 is 34.4 Å². The normalized spacial score (nSPS) is 11.6. The van der Waals surface area contributed by atoms with E-state index in [1.807, 2.05) is 0 Å². The van der Waals surface area contributed by atoms with Gasteiger partial charge >= 0.3 is 18.0 Å². The van der Waals surface area contributed by atoms with Crippen LogP contribution in [0.1, 0.15) is 18.7 Å². The number of amides is 2. The molecule has 9 heteroatoms. The van der Waals surface area contributed by atoms with Gasteiger partial charge in [0.1, 0.15) is 0 Å². The van der Waals surface area contributed by atoms with E-state index in [1.165, 1.54) is 36.4 Å². The number of carboxylic acid groups (broad SMARTS) is 1. The quantitative estimate of drug-likeness (QED) is 0.733. The maximum atomic E-state index is 11.9. The maximum Gasteiger partial charge on any atom is 0.323 e. The van der Waals surface area contributed by atoms with Crippen LogP contribution in [-0.4, -0.2) is 53.2 Å². The number of rotatable bonds is 7. The molecule has 2 amide bonds. The molecule has 2 N–H and O–H groups in total. The van der Waals surface area contributed by atoms with Crippen molar-refractivity contribution in [2.75, 3.05) is 25.5 Å². The number of anilines is 1. The second-order valence-corrected chi connectivity index (χ2v) is 5.78. The van der Waals surface area contributed by atoms with Crippen LogP contribution in [0, 0.1) is 5.92 Å². The minimum atomic E-state index is -0.967. The number of urea groups is 1. The topological polar surface area (TPSA) is 109 Å². The first-order chi connectivity index (χ1) is 10.3. The molecule has 122 valence electrons. The molecule has 1 rings (SSSR count). The summed E-state index contributed by atoms with van der Waals surface area (Å²) in [6.07, 6.45) is 1.60. The first-order valence-corrected chi connectivity index (χ1v) is 7.50. The molecule has 1 aromatic heterocycles. The Morgan fingerprint density at radius 3 is 2.77 bits per heavy atom. The fourth-order valence-electron chi connectivity index (χ4n) is 1.56. The number of carboxylic acids is 1. The standard InChI is InChI=1S/C13H19N3O5S/c1-4-21-10(17)5-9-6-14-12(22-9)15-13(20)16(3)7-8(2)11(18)19/h6,8H,4-5,7H2,1-3H3,(H,18,19)(H,14,15,20). The summed E-state index contributed by atoms with van der Waals surface area (Å²) in [6, 6.07) is -0.454. The molecule has 22 heavy (non-hydrogen) atoms. The van der Waals surface area contributed by atoms with Gasteiger partial charge in [-0.2, -0.15) is 0 Å². The van der Waals surface area contributed by atoms with Crippen molar-refractivity contribution in [2.45, 2.75) is 20.3 Å². The van der Waals surface area contributed by atoms with Crippen molar-refractivity contribution in [3.05, 3.63) is 11.1 Å². The zero-order valence-corrected chi connectivity index (χ0v) is 13.5. The van der Waals surface area contributed by atoms with E-state index >= 15 is 0 Å². The van der Waals surface area contributed by atoms with E-state index in [4.69, 9.17) is 9.84 Å². The second kappa shape index (κ2) is 8.32. The highest BCUT2D eigenvalue weighted by Crippen LogP contribution is 2.19. The zero-order valence-electron chi connectivity index (χ0n) is 12.7. The first kappa shape index (κ1) is 17.9. The Labute approximate surface area is 132 Å². The summed E-state index contributed by atoms with van der Waals surface area (Å²) >= 11 is 1.17. The van der Waals surface area contributed by atoms with E-state index in [1.54, 1.807) is 6.92 Å². The van der Waals surface area contributed by atoms with Crippen molar-refractivity contribution in [3.8, 4) is 0 Å². The molecule has 8 nitrogen and oxygen atoms in total. The van der Waals surface area contributed by atoms with Crippen molar-refractivity contribution in [2.24, 2.45) is 5.92 Å². The number of esters is 1. The molecule has 0 aliphatic rings. The number of nitrogens with zero attached hydrogens (tertiary/aromatic N) is 2. The van der Waals surface area contributed by atoms with Crippen LogP contribution in [0.25, 0.3) is 0 Å². The van der Waals surface area contributed by atoms with E-state index in [0.29, 0.717) is 16.6 Å². The van der Waals surface area contributed by atoms with Gasteiger partial charge in [0.15, 0.2) is 5.13 Å². The Kier molecular flexibility index (Phi) is 6.77. The van der Waals surface area contributed by atoms with Crippen molar-refractivity contribution in [1.29, 1.82) is 0 Å². The number of thiazole rings is 1. The summed E-state index contributed by atoms with van der Waals surface area (Å²) in [5.74, 6) is -1.98. The Bertz CT molecular complexity index is 546. The lowest BCUT2D eigenvalue weighted by Gasteiger charge is -2.19. The number of aromatic nitrogens is 1. The SMILES string of the molecule is CCOC(=O)Cc1cnc(NC(=O)N(C)CC(C)C(=O)O)s1. The van der Waals surface area contributed by atoms with Crippen molar-refractivity contribution in [1.82, 2.24) is 9.88 Å². The molecule has 0 aromatic carbocycles. The van der Waals surface area contributed by atoms with E-state index < -0.39 is 17.9 Å². The molecule has 0 spiro atoms. The van der Waals surface area contributed by atoms with Gasteiger partial charge in [-0.3, -0.25) is 14.9 Å². The number of hydrogen-bond acceptors (Lipinski definition) is 6. The van der Waals surface area contributed by atoms with E-state index in [2.05, 4.69) is 10.3 Å². The first-order valence-electron chi connectivity index (χ1n) is 6.68. The summed E-state index contributed by atoms with van der Waals surface area (Å²) in [6.45, 7) is 3.65. The third-order valence-corrected chi connectivity index (χ3v) is 3.62. The predicted molar refractivity (Wildman–Crippen MR) is 80.9 cm³/mol. The van der Waals surface area contributed by atoms with E-state index in [-0.39, 0.29) is 18.9 Å². The number of carbonyl (C=O) groups excluding carboxylic acids is 2. The fourth-order valence-corrected chi connectivity index (χ4v) is 2.35. The molecule has 1 atom stereocenters. The van der Waals surface area contributed by atoms with E-state index in [9.17, 15) is 14.4 Å². The highest BCUT2D eigenvalue weighted by atomic mass is 32.1. The van der Waals surface area contributed by atoms with Crippen LogP contribution in [0.15, 0.2) is 6.20 Å². The summed E-state index contributed by atoms with van der Waals surface area (Å²) < 4.78 is 4.83. The predicted octanol–water partition coefficient (Wildman–Crippen LogP) is 1.43. The number of ether oxygens (including phenoxy) is 1. The van der Waals surface area contributed by atoms with Crippen LogP contribution in [0.5, 0.6) is 0 Å². The molecular formula is C13H19N3O5S.